The molecule has 3 rings (SSSR count). The van der Waals surface area contributed by atoms with Crippen LogP contribution in [0.3, 0.4) is 0 Å². The van der Waals surface area contributed by atoms with Gasteiger partial charge >= 0.3 is 0 Å². The zero-order valence-corrected chi connectivity index (χ0v) is 15.0. The molecule has 5 heteroatoms. The van der Waals surface area contributed by atoms with Gasteiger partial charge in [-0.15, -0.1) is 0 Å². The van der Waals surface area contributed by atoms with Crippen molar-refractivity contribution < 1.29 is 8.42 Å². The van der Waals surface area contributed by atoms with Crippen molar-refractivity contribution >= 4 is 15.7 Å². The van der Waals surface area contributed by atoms with E-state index in [0.717, 1.165) is 30.5 Å². The first-order valence-electron chi connectivity index (χ1n) is 8.34. The van der Waals surface area contributed by atoms with Crippen molar-refractivity contribution in [3.8, 4) is 0 Å². The minimum absolute atomic E-state index is 0.0680. The standard InChI is InChI=1S/C19H24N2O2S/c1-15-11-13-17(14-12-15)24(22,23)20-18-9-6-10-19(18)21(2)16-7-4-3-5-8-16/h3-5,7-8,11-14,18-20H,6,9-10H2,1-2H3/t18-,19-/m1/s1. The zero-order valence-electron chi connectivity index (χ0n) is 14.1. The number of nitrogens with one attached hydrogen (secondary N) is 1. The van der Waals surface area contributed by atoms with Crippen molar-refractivity contribution in [1.82, 2.24) is 4.72 Å². The lowest BCUT2D eigenvalue weighted by molar-refractivity contribution is 0.509. The summed E-state index contributed by atoms with van der Waals surface area (Å²) in [6.07, 6.45) is 2.89. The van der Waals surface area contributed by atoms with E-state index in [9.17, 15) is 8.42 Å². The first kappa shape index (κ1) is 17.0. The van der Waals surface area contributed by atoms with Gasteiger partial charge in [-0.2, -0.15) is 0 Å². The second kappa shape index (κ2) is 6.95. The highest BCUT2D eigenvalue weighted by molar-refractivity contribution is 7.89. The number of sulfonamides is 1. The molecule has 1 N–H and O–H groups in total. The van der Waals surface area contributed by atoms with Crippen LogP contribution in [0.1, 0.15) is 24.8 Å². The van der Waals surface area contributed by atoms with E-state index in [2.05, 4.69) is 21.8 Å². The van der Waals surface area contributed by atoms with Crippen LogP contribution in [0.4, 0.5) is 5.69 Å². The van der Waals surface area contributed by atoms with Crippen molar-refractivity contribution in [2.45, 2.75) is 43.2 Å². The molecular weight excluding hydrogens is 320 g/mol. The quantitative estimate of drug-likeness (QED) is 0.905. The van der Waals surface area contributed by atoms with Crippen LogP contribution in [0.2, 0.25) is 0 Å². The van der Waals surface area contributed by atoms with Crippen LogP contribution in [0.15, 0.2) is 59.5 Å². The molecule has 0 amide bonds. The van der Waals surface area contributed by atoms with Gasteiger partial charge in [0, 0.05) is 24.8 Å². The lowest BCUT2D eigenvalue weighted by Gasteiger charge is -2.32. The highest BCUT2D eigenvalue weighted by atomic mass is 32.2. The summed E-state index contributed by atoms with van der Waals surface area (Å²) in [5, 5.41) is 0. The molecule has 128 valence electrons. The fraction of sp³-hybridized carbons (Fsp3) is 0.368. The second-order valence-corrected chi connectivity index (χ2v) is 8.20. The smallest absolute Gasteiger partial charge is 0.240 e. The number of rotatable bonds is 5. The molecule has 1 saturated carbocycles. The summed E-state index contributed by atoms with van der Waals surface area (Å²) in [4.78, 5) is 2.52. The number of anilines is 1. The SMILES string of the molecule is Cc1ccc(S(=O)(=O)N[C@@H]2CCC[C@H]2N(C)c2ccccc2)cc1. The Hall–Kier alpha value is -1.85. The Kier molecular flexibility index (Phi) is 4.92. The molecule has 0 bridgehead atoms. The van der Waals surface area contributed by atoms with Gasteiger partial charge in [0.2, 0.25) is 10.0 Å². The van der Waals surface area contributed by atoms with Crippen molar-refractivity contribution in [2.75, 3.05) is 11.9 Å². The van der Waals surface area contributed by atoms with Crippen LogP contribution in [0.25, 0.3) is 0 Å². The average Bonchev–Trinajstić information content (AvgIpc) is 3.02. The summed E-state index contributed by atoms with van der Waals surface area (Å²) in [6, 6.07) is 17.2. The predicted molar refractivity (Wildman–Crippen MR) is 97.8 cm³/mol. The van der Waals surface area contributed by atoms with E-state index >= 15 is 0 Å². The van der Waals surface area contributed by atoms with E-state index in [1.807, 2.05) is 44.3 Å². The van der Waals surface area contributed by atoms with E-state index in [1.54, 1.807) is 12.1 Å². The third-order valence-electron chi connectivity index (χ3n) is 4.78. The summed E-state index contributed by atoms with van der Waals surface area (Å²) in [5.74, 6) is 0. The van der Waals surface area contributed by atoms with Crippen LogP contribution in [-0.2, 0) is 10.0 Å². The summed E-state index contributed by atoms with van der Waals surface area (Å²) in [6.45, 7) is 1.95. The zero-order chi connectivity index (χ0) is 17.2. The van der Waals surface area contributed by atoms with Gasteiger partial charge in [0.05, 0.1) is 4.90 Å². The van der Waals surface area contributed by atoms with Crippen LogP contribution in [0, 0.1) is 6.92 Å². The highest BCUT2D eigenvalue weighted by Crippen LogP contribution is 2.28. The average molecular weight is 344 g/mol. The Balaban J connectivity index is 1.77. The van der Waals surface area contributed by atoms with Gasteiger partial charge in [-0.25, -0.2) is 13.1 Å². The Morgan fingerprint density at radius 1 is 1.00 bits per heavy atom. The van der Waals surface area contributed by atoms with Gasteiger partial charge < -0.3 is 4.90 Å². The van der Waals surface area contributed by atoms with E-state index in [0.29, 0.717) is 4.90 Å². The van der Waals surface area contributed by atoms with Gasteiger partial charge in [0.1, 0.15) is 0 Å². The lowest BCUT2D eigenvalue weighted by atomic mass is 10.1. The van der Waals surface area contributed by atoms with E-state index in [1.165, 1.54) is 0 Å². The Labute approximate surface area is 144 Å². The fourth-order valence-corrected chi connectivity index (χ4v) is 4.68. The first-order valence-corrected chi connectivity index (χ1v) is 9.82. The number of para-hydroxylation sites is 1. The summed E-state index contributed by atoms with van der Waals surface area (Å²) >= 11 is 0. The lowest BCUT2D eigenvalue weighted by Crippen LogP contribution is -2.47. The number of aryl methyl sites for hydroxylation is 1. The minimum atomic E-state index is -3.49. The molecule has 1 aliphatic carbocycles. The molecule has 0 aromatic heterocycles. The number of nitrogens with zero attached hydrogens (tertiary/aromatic N) is 1. The molecule has 1 aliphatic rings. The largest absolute Gasteiger partial charge is 0.370 e. The molecule has 2 atom stereocenters. The summed E-state index contributed by atoms with van der Waals surface area (Å²) < 4.78 is 28.3. The maximum Gasteiger partial charge on any atom is 0.240 e. The molecule has 0 radical (unpaired) electrons. The molecule has 0 aliphatic heterocycles. The molecule has 4 nitrogen and oxygen atoms in total. The van der Waals surface area contributed by atoms with Crippen LogP contribution in [-0.4, -0.2) is 27.5 Å². The monoisotopic (exact) mass is 344 g/mol. The molecular formula is C19H24N2O2S. The molecule has 2 aromatic rings. The second-order valence-electron chi connectivity index (χ2n) is 6.49. The van der Waals surface area contributed by atoms with Crippen LogP contribution in [0.5, 0.6) is 0 Å². The first-order chi connectivity index (χ1) is 11.5. The Bertz CT molecular complexity index is 773. The van der Waals surface area contributed by atoms with Gasteiger partial charge in [-0.05, 0) is 50.5 Å². The third-order valence-corrected chi connectivity index (χ3v) is 6.28. The van der Waals surface area contributed by atoms with Crippen molar-refractivity contribution in [3.63, 3.8) is 0 Å². The summed E-state index contributed by atoms with van der Waals surface area (Å²) in [5.41, 5.74) is 2.17. The van der Waals surface area contributed by atoms with E-state index in [4.69, 9.17) is 0 Å². The maximum atomic E-state index is 12.7. The number of hydrogen-bond acceptors (Lipinski definition) is 3. The molecule has 24 heavy (non-hydrogen) atoms. The number of benzene rings is 2. The van der Waals surface area contributed by atoms with E-state index in [-0.39, 0.29) is 12.1 Å². The Morgan fingerprint density at radius 3 is 2.33 bits per heavy atom. The Morgan fingerprint density at radius 2 is 1.67 bits per heavy atom. The number of hydrogen-bond donors (Lipinski definition) is 1. The number of likely N-dealkylation sites (N-methyl/N-ethyl adjacent to an activating group) is 1. The fourth-order valence-electron chi connectivity index (χ4n) is 3.38. The van der Waals surface area contributed by atoms with E-state index < -0.39 is 10.0 Å². The molecule has 0 spiro atoms. The highest BCUT2D eigenvalue weighted by Gasteiger charge is 2.33. The van der Waals surface area contributed by atoms with Gasteiger partial charge in [-0.3, -0.25) is 0 Å². The minimum Gasteiger partial charge on any atom is -0.370 e. The predicted octanol–water partition coefficient (Wildman–Crippen LogP) is 3.33. The van der Waals surface area contributed by atoms with Gasteiger partial charge in [0.15, 0.2) is 0 Å². The van der Waals surface area contributed by atoms with Crippen LogP contribution >= 0.6 is 0 Å². The maximum absolute atomic E-state index is 12.7. The van der Waals surface area contributed by atoms with Gasteiger partial charge in [0.25, 0.3) is 0 Å². The van der Waals surface area contributed by atoms with Gasteiger partial charge in [-0.1, -0.05) is 35.9 Å². The molecule has 0 saturated heterocycles. The molecule has 1 fully saturated rings. The third kappa shape index (κ3) is 3.62. The normalized spacial score (nSPS) is 20.9. The van der Waals surface area contributed by atoms with Crippen molar-refractivity contribution in [1.29, 1.82) is 0 Å². The van der Waals surface area contributed by atoms with Crippen molar-refractivity contribution in [3.05, 3.63) is 60.2 Å². The molecule has 0 heterocycles. The van der Waals surface area contributed by atoms with Crippen molar-refractivity contribution in [2.24, 2.45) is 0 Å². The summed E-state index contributed by atoms with van der Waals surface area (Å²) in [7, 11) is -1.45. The molecule has 0 unspecified atom stereocenters. The molecule has 2 aromatic carbocycles. The topological polar surface area (TPSA) is 49.4 Å². The van der Waals surface area contributed by atoms with Crippen LogP contribution < -0.4 is 9.62 Å².